The highest BCUT2D eigenvalue weighted by atomic mass is 16.5. The van der Waals surface area contributed by atoms with Gasteiger partial charge in [-0.3, -0.25) is 9.59 Å². The molecular formula is C26H31N3O7. The number of carboxylic acids is 1. The lowest BCUT2D eigenvalue weighted by Gasteiger charge is -2.35. The summed E-state index contributed by atoms with van der Waals surface area (Å²) in [5, 5.41) is 11.7. The van der Waals surface area contributed by atoms with E-state index >= 15 is 0 Å². The molecule has 2 N–H and O–H groups in total. The fourth-order valence-electron chi connectivity index (χ4n) is 3.74. The van der Waals surface area contributed by atoms with Crippen LogP contribution in [0.3, 0.4) is 0 Å². The van der Waals surface area contributed by atoms with Crippen LogP contribution in [0.4, 0.5) is 4.79 Å². The Bertz CT molecular complexity index is 1050. The van der Waals surface area contributed by atoms with Gasteiger partial charge in [-0.25, -0.2) is 9.59 Å². The lowest BCUT2D eigenvalue weighted by Crippen LogP contribution is -2.52. The van der Waals surface area contributed by atoms with Gasteiger partial charge in [0.1, 0.15) is 18.4 Å². The van der Waals surface area contributed by atoms with Crippen LogP contribution in [0.5, 0.6) is 5.75 Å². The van der Waals surface area contributed by atoms with Crippen LogP contribution in [-0.2, 0) is 25.7 Å². The maximum absolute atomic E-state index is 12.6. The molecule has 2 aromatic rings. The Morgan fingerprint density at radius 3 is 2.25 bits per heavy atom. The lowest BCUT2D eigenvalue weighted by molar-refractivity contribution is -0.142. The Morgan fingerprint density at radius 2 is 1.61 bits per heavy atom. The fourth-order valence-corrected chi connectivity index (χ4v) is 3.74. The minimum atomic E-state index is -1.25. The van der Waals surface area contributed by atoms with E-state index in [4.69, 9.17) is 9.47 Å². The first-order valence-electron chi connectivity index (χ1n) is 11.8. The van der Waals surface area contributed by atoms with Crippen molar-refractivity contribution < 1.29 is 33.8 Å². The number of aryl methyl sites for hydroxylation is 1. The van der Waals surface area contributed by atoms with E-state index < -0.39 is 18.1 Å². The molecule has 0 saturated carbocycles. The highest BCUT2D eigenvalue weighted by molar-refractivity contribution is 5.82. The predicted molar refractivity (Wildman–Crippen MR) is 130 cm³/mol. The number of carbonyl (C=O) groups is 4. The Kier molecular flexibility index (Phi) is 9.67. The first-order chi connectivity index (χ1) is 17.3. The number of rotatable bonds is 10. The molecule has 0 aromatic heterocycles. The van der Waals surface area contributed by atoms with Crippen molar-refractivity contribution in [1.82, 2.24) is 15.1 Å². The van der Waals surface area contributed by atoms with Crippen LogP contribution in [0.2, 0.25) is 0 Å². The Morgan fingerprint density at radius 1 is 0.944 bits per heavy atom. The minimum Gasteiger partial charge on any atom is -0.484 e. The van der Waals surface area contributed by atoms with Crippen molar-refractivity contribution in [1.29, 1.82) is 0 Å². The number of amides is 3. The largest absolute Gasteiger partial charge is 0.484 e. The van der Waals surface area contributed by atoms with E-state index in [1.54, 1.807) is 40.1 Å². The van der Waals surface area contributed by atoms with Gasteiger partial charge in [-0.2, -0.15) is 0 Å². The number of hydrogen-bond donors (Lipinski definition) is 2. The number of hydrogen-bond acceptors (Lipinski definition) is 6. The average molecular weight is 498 g/mol. The van der Waals surface area contributed by atoms with Crippen LogP contribution >= 0.6 is 0 Å². The third-order valence-electron chi connectivity index (χ3n) is 5.79. The number of carbonyl (C=O) groups excluding carboxylic acids is 3. The van der Waals surface area contributed by atoms with E-state index in [9.17, 15) is 24.3 Å². The molecule has 192 valence electrons. The molecule has 0 bridgehead atoms. The number of ether oxygens (including phenoxy) is 2. The van der Waals surface area contributed by atoms with Crippen LogP contribution in [-0.4, -0.2) is 77.6 Å². The fraction of sp³-hybridized carbons (Fsp3) is 0.385. The summed E-state index contributed by atoms with van der Waals surface area (Å²) in [5.74, 6) is -1.01. The molecular weight excluding hydrogens is 466 g/mol. The molecule has 1 aliphatic heterocycles. The maximum atomic E-state index is 12.6. The van der Waals surface area contributed by atoms with E-state index in [0.29, 0.717) is 31.9 Å². The molecule has 0 radical (unpaired) electrons. The third kappa shape index (κ3) is 8.30. The number of benzene rings is 2. The molecule has 1 saturated heterocycles. The molecule has 3 rings (SSSR count). The Hall–Kier alpha value is -4.08. The molecule has 10 heteroatoms. The molecule has 0 aliphatic carbocycles. The number of carboxylic acid groups (broad SMARTS) is 1. The number of piperazine rings is 1. The molecule has 0 unspecified atom stereocenters. The lowest BCUT2D eigenvalue weighted by atomic mass is 10.1. The highest BCUT2D eigenvalue weighted by Crippen LogP contribution is 2.13. The molecule has 10 nitrogen and oxygen atoms in total. The van der Waals surface area contributed by atoms with Crippen molar-refractivity contribution >= 4 is 23.9 Å². The van der Waals surface area contributed by atoms with Crippen LogP contribution in [0.25, 0.3) is 0 Å². The van der Waals surface area contributed by atoms with E-state index in [1.165, 1.54) is 0 Å². The summed E-state index contributed by atoms with van der Waals surface area (Å²) in [7, 11) is 0. The second-order valence-electron chi connectivity index (χ2n) is 8.50. The standard InChI is InChI=1S/C26H31N3O7/c1-19-6-5-9-21(16-19)35-18-24(31)29-14-12-28(13-15-29)23(30)11-10-22(25(32)33)27-26(34)36-17-20-7-3-2-4-8-20/h2-9,16,22H,10-15,17-18H2,1H3,(H,27,34)(H,32,33)/t22-/m0/s1. The summed E-state index contributed by atoms with van der Waals surface area (Å²) in [6, 6.07) is 15.2. The average Bonchev–Trinajstić information content (AvgIpc) is 2.89. The van der Waals surface area contributed by atoms with Crippen molar-refractivity contribution in [3.8, 4) is 5.75 Å². The number of nitrogens with one attached hydrogen (secondary N) is 1. The van der Waals surface area contributed by atoms with Crippen LogP contribution in [0.1, 0.15) is 24.0 Å². The van der Waals surface area contributed by atoms with Crippen molar-refractivity contribution in [3.63, 3.8) is 0 Å². The summed E-state index contributed by atoms with van der Waals surface area (Å²) in [6.07, 6.45) is -0.989. The SMILES string of the molecule is Cc1cccc(OCC(=O)N2CCN(C(=O)CC[C@H](NC(=O)OCc3ccccc3)C(=O)O)CC2)c1. The van der Waals surface area contributed by atoms with E-state index in [0.717, 1.165) is 11.1 Å². The van der Waals surface area contributed by atoms with Crippen LogP contribution in [0.15, 0.2) is 54.6 Å². The maximum Gasteiger partial charge on any atom is 0.408 e. The zero-order valence-corrected chi connectivity index (χ0v) is 20.2. The molecule has 1 fully saturated rings. The smallest absolute Gasteiger partial charge is 0.408 e. The summed E-state index contributed by atoms with van der Waals surface area (Å²) in [6.45, 7) is 3.30. The second kappa shape index (κ2) is 13.1. The molecule has 36 heavy (non-hydrogen) atoms. The second-order valence-corrected chi connectivity index (χ2v) is 8.50. The van der Waals surface area contributed by atoms with Gasteiger partial charge >= 0.3 is 12.1 Å². The van der Waals surface area contributed by atoms with Crippen LogP contribution in [0, 0.1) is 6.92 Å². The Labute approximate surface area is 209 Å². The molecule has 1 heterocycles. The van der Waals surface area contributed by atoms with Gasteiger partial charge in [-0.15, -0.1) is 0 Å². The quantitative estimate of drug-likeness (QED) is 0.515. The van der Waals surface area contributed by atoms with Gasteiger partial charge in [0, 0.05) is 32.6 Å². The molecule has 0 spiro atoms. The molecule has 3 amide bonds. The van der Waals surface area contributed by atoms with Gasteiger partial charge in [0.2, 0.25) is 5.91 Å². The third-order valence-corrected chi connectivity index (χ3v) is 5.79. The zero-order valence-electron chi connectivity index (χ0n) is 20.2. The van der Waals surface area contributed by atoms with Crippen molar-refractivity contribution in [3.05, 3.63) is 65.7 Å². The van der Waals surface area contributed by atoms with Gasteiger partial charge in [-0.1, -0.05) is 42.5 Å². The summed E-state index contributed by atoms with van der Waals surface area (Å²) >= 11 is 0. The summed E-state index contributed by atoms with van der Waals surface area (Å²) < 4.78 is 10.6. The molecule has 1 aliphatic rings. The normalized spacial score (nSPS) is 14.0. The van der Waals surface area contributed by atoms with E-state index in [-0.39, 0.29) is 37.9 Å². The first-order valence-corrected chi connectivity index (χ1v) is 11.8. The summed E-state index contributed by atoms with van der Waals surface area (Å²) in [5.41, 5.74) is 1.81. The molecule has 2 aromatic carbocycles. The van der Waals surface area contributed by atoms with Gasteiger partial charge in [-0.05, 0) is 36.6 Å². The number of alkyl carbamates (subject to hydrolysis) is 1. The van der Waals surface area contributed by atoms with Crippen molar-refractivity contribution in [2.24, 2.45) is 0 Å². The number of aliphatic carboxylic acids is 1. The van der Waals surface area contributed by atoms with Crippen molar-refractivity contribution in [2.45, 2.75) is 32.4 Å². The highest BCUT2D eigenvalue weighted by Gasteiger charge is 2.27. The minimum absolute atomic E-state index is 0.0109. The monoisotopic (exact) mass is 497 g/mol. The van der Waals surface area contributed by atoms with Crippen LogP contribution < -0.4 is 10.1 Å². The van der Waals surface area contributed by atoms with Gasteiger partial charge in [0.05, 0.1) is 0 Å². The number of nitrogens with zero attached hydrogens (tertiary/aromatic N) is 2. The van der Waals surface area contributed by atoms with E-state index in [1.807, 2.05) is 31.2 Å². The first kappa shape index (κ1) is 26.5. The summed E-state index contributed by atoms with van der Waals surface area (Å²) in [4.78, 5) is 51.8. The van der Waals surface area contributed by atoms with Crippen molar-refractivity contribution in [2.75, 3.05) is 32.8 Å². The Balaban J connectivity index is 1.37. The van der Waals surface area contributed by atoms with E-state index in [2.05, 4.69) is 5.32 Å². The zero-order chi connectivity index (χ0) is 25.9. The van der Waals surface area contributed by atoms with Gasteiger partial charge < -0.3 is 29.7 Å². The van der Waals surface area contributed by atoms with Gasteiger partial charge in [0.25, 0.3) is 5.91 Å². The topological polar surface area (TPSA) is 125 Å². The van der Waals surface area contributed by atoms with Gasteiger partial charge in [0.15, 0.2) is 6.61 Å². The predicted octanol–water partition coefficient (Wildman–Crippen LogP) is 2.20. The molecule has 1 atom stereocenters.